The van der Waals surface area contributed by atoms with Crippen LogP contribution in [-0.4, -0.2) is 12.9 Å². The summed E-state index contributed by atoms with van der Waals surface area (Å²) < 4.78 is 4.97. The molecule has 0 heterocycles. The van der Waals surface area contributed by atoms with Gasteiger partial charge in [-0.25, -0.2) is 0 Å². The van der Waals surface area contributed by atoms with Gasteiger partial charge in [0.1, 0.15) is 5.84 Å². The molecule has 0 amide bonds. The van der Waals surface area contributed by atoms with Crippen LogP contribution in [0.1, 0.15) is 11.1 Å². The smallest absolute Gasteiger partial charge is 0.123 e. The molecular formula is C9H13ClN2O. The Morgan fingerprint density at radius 1 is 1.46 bits per heavy atom. The highest BCUT2D eigenvalue weighted by atomic mass is 35.5. The molecule has 0 spiro atoms. The van der Waals surface area contributed by atoms with Crippen LogP contribution in [0.4, 0.5) is 0 Å². The van der Waals surface area contributed by atoms with Gasteiger partial charge in [-0.3, -0.25) is 5.41 Å². The van der Waals surface area contributed by atoms with E-state index in [4.69, 9.17) is 15.9 Å². The molecule has 1 aromatic rings. The Kier molecular flexibility index (Phi) is 5.11. The molecular weight excluding hydrogens is 188 g/mol. The standard InChI is InChI=1S/C9H12N2O.ClH/c1-12-6-7-4-2-3-5-8(7)9(10)11;/h2-5H,6H2,1H3,(H3,10,11);1H. The van der Waals surface area contributed by atoms with Crippen LogP contribution >= 0.6 is 12.4 Å². The summed E-state index contributed by atoms with van der Waals surface area (Å²) in [6.07, 6.45) is 0. The molecule has 0 aliphatic carbocycles. The van der Waals surface area contributed by atoms with Gasteiger partial charge in [-0.2, -0.15) is 0 Å². The molecule has 4 heteroatoms. The van der Waals surface area contributed by atoms with Crippen LogP contribution in [0.2, 0.25) is 0 Å². The molecule has 13 heavy (non-hydrogen) atoms. The maximum Gasteiger partial charge on any atom is 0.123 e. The summed E-state index contributed by atoms with van der Waals surface area (Å²) in [5, 5.41) is 7.28. The first-order valence-corrected chi connectivity index (χ1v) is 3.67. The molecule has 0 radical (unpaired) electrons. The quantitative estimate of drug-likeness (QED) is 0.575. The average Bonchev–Trinajstić information content (AvgIpc) is 2.05. The lowest BCUT2D eigenvalue weighted by atomic mass is 10.1. The summed E-state index contributed by atoms with van der Waals surface area (Å²) in [5.74, 6) is 0.0858. The van der Waals surface area contributed by atoms with Crippen LogP contribution in [0.15, 0.2) is 24.3 Å². The summed E-state index contributed by atoms with van der Waals surface area (Å²) >= 11 is 0. The highest BCUT2D eigenvalue weighted by molar-refractivity contribution is 5.96. The van der Waals surface area contributed by atoms with E-state index in [1.165, 1.54) is 0 Å². The van der Waals surface area contributed by atoms with Crippen LogP contribution < -0.4 is 5.73 Å². The lowest BCUT2D eigenvalue weighted by molar-refractivity contribution is 0.185. The lowest BCUT2D eigenvalue weighted by Crippen LogP contribution is -2.13. The largest absolute Gasteiger partial charge is 0.384 e. The predicted molar refractivity (Wildman–Crippen MR) is 55.4 cm³/mol. The summed E-state index contributed by atoms with van der Waals surface area (Å²) in [5.41, 5.74) is 7.07. The van der Waals surface area contributed by atoms with E-state index < -0.39 is 0 Å². The SMILES string of the molecule is COCc1ccccc1C(=N)N.Cl. The molecule has 1 rings (SSSR count). The minimum Gasteiger partial charge on any atom is -0.384 e. The zero-order valence-corrected chi connectivity index (χ0v) is 8.23. The third kappa shape index (κ3) is 3.05. The number of nitrogen functional groups attached to an aromatic ring is 1. The number of hydrogen-bond acceptors (Lipinski definition) is 2. The third-order valence-corrected chi connectivity index (χ3v) is 1.61. The van der Waals surface area contributed by atoms with Crippen LogP contribution in [0.25, 0.3) is 0 Å². The maximum absolute atomic E-state index is 7.28. The molecule has 3 nitrogen and oxygen atoms in total. The van der Waals surface area contributed by atoms with Gasteiger partial charge in [0, 0.05) is 12.7 Å². The number of nitrogens with one attached hydrogen (secondary N) is 1. The monoisotopic (exact) mass is 200 g/mol. The summed E-state index contributed by atoms with van der Waals surface area (Å²) in [6.45, 7) is 0.496. The second kappa shape index (κ2) is 5.56. The van der Waals surface area contributed by atoms with Crippen LogP contribution in [0.5, 0.6) is 0 Å². The molecule has 0 aliphatic rings. The molecule has 0 atom stereocenters. The maximum atomic E-state index is 7.28. The molecule has 0 fully saturated rings. The molecule has 0 unspecified atom stereocenters. The number of methoxy groups -OCH3 is 1. The number of hydrogen-bond donors (Lipinski definition) is 2. The van der Waals surface area contributed by atoms with E-state index in [9.17, 15) is 0 Å². The Morgan fingerprint density at radius 3 is 2.62 bits per heavy atom. The van der Waals surface area contributed by atoms with Crippen molar-refractivity contribution in [2.75, 3.05) is 7.11 Å². The van der Waals surface area contributed by atoms with E-state index in [0.717, 1.165) is 11.1 Å². The van der Waals surface area contributed by atoms with Crippen molar-refractivity contribution >= 4 is 18.2 Å². The summed E-state index contributed by atoms with van der Waals surface area (Å²) in [7, 11) is 1.62. The van der Waals surface area contributed by atoms with Crippen molar-refractivity contribution in [3.8, 4) is 0 Å². The molecule has 0 aromatic heterocycles. The van der Waals surface area contributed by atoms with Gasteiger partial charge in [0.25, 0.3) is 0 Å². The Balaban J connectivity index is 0.00000144. The molecule has 0 saturated heterocycles. The van der Waals surface area contributed by atoms with E-state index in [0.29, 0.717) is 6.61 Å². The zero-order valence-electron chi connectivity index (χ0n) is 7.41. The van der Waals surface area contributed by atoms with Crippen molar-refractivity contribution in [1.29, 1.82) is 5.41 Å². The van der Waals surface area contributed by atoms with Gasteiger partial charge in [-0.15, -0.1) is 12.4 Å². The Labute approximate surface area is 83.8 Å². The van der Waals surface area contributed by atoms with Crippen LogP contribution in [-0.2, 0) is 11.3 Å². The number of halogens is 1. The van der Waals surface area contributed by atoms with Crippen LogP contribution in [0.3, 0.4) is 0 Å². The van der Waals surface area contributed by atoms with E-state index >= 15 is 0 Å². The zero-order chi connectivity index (χ0) is 8.97. The molecule has 3 N–H and O–H groups in total. The average molecular weight is 201 g/mol. The van der Waals surface area contributed by atoms with Gasteiger partial charge in [0.2, 0.25) is 0 Å². The summed E-state index contributed by atoms with van der Waals surface area (Å²) in [6, 6.07) is 7.48. The van der Waals surface area contributed by atoms with Crippen molar-refractivity contribution in [3.63, 3.8) is 0 Å². The number of amidine groups is 1. The van der Waals surface area contributed by atoms with Crippen molar-refractivity contribution in [3.05, 3.63) is 35.4 Å². The van der Waals surface area contributed by atoms with E-state index in [-0.39, 0.29) is 18.2 Å². The number of nitrogens with two attached hydrogens (primary N) is 1. The van der Waals surface area contributed by atoms with E-state index in [1.54, 1.807) is 7.11 Å². The second-order valence-electron chi connectivity index (χ2n) is 2.50. The Hall–Kier alpha value is -1.06. The van der Waals surface area contributed by atoms with Gasteiger partial charge in [-0.1, -0.05) is 24.3 Å². The fourth-order valence-corrected chi connectivity index (χ4v) is 1.06. The topological polar surface area (TPSA) is 59.1 Å². The lowest BCUT2D eigenvalue weighted by Gasteiger charge is -2.05. The van der Waals surface area contributed by atoms with Gasteiger partial charge in [0.05, 0.1) is 6.61 Å². The van der Waals surface area contributed by atoms with Crippen molar-refractivity contribution in [2.45, 2.75) is 6.61 Å². The van der Waals surface area contributed by atoms with Gasteiger partial charge in [-0.05, 0) is 5.56 Å². The van der Waals surface area contributed by atoms with Crippen molar-refractivity contribution in [1.82, 2.24) is 0 Å². The number of rotatable bonds is 3. The fraction of sp³-hybridized carbons (Fsp3) is 0.222. The normalized spacial score (nSPS) is 9.00. The van der Waals surface area contributed by atoms with E-state index in [1.807, 2.05) is 24.3 Å². The first-order chi connectivity index (χ1) is 5.75. The minimum absolute atomic E-state index is 0. The first kappa shape index (κ1) is 11.9. The Bertz CT molecular complexity index is 289. The first-order valence-electron chi connectivity index (χ1n) is 3.67. The third-order valence-electron chi connectivity index (χ3n) is 1.61. The van der Waals surface area contributed by atoms with Crippen molar-refractivity contribution in [2.24, 2.45) is 5.73 Å². The molecule has 1 aromatic carbocycles. The minimum atomic E-state index is 0. The molecule has 0 bridgehead atoms. The van der Waals surface area contributed by atoms with Gasteiger partial charge >= 0.3 is 0 Å². The van der Waals surface area contributed by atoms with Crippen molar-refractivity contribution < 1.29 is 4.74 Å². The predicted octanol–water partition coefficient (Wildman–Crippen LogP) is 1.54. The molecule has 0 aliphatic heterocycles. The second-order valence-corrected chi connectivity index (χ2v) is 2.50. The highest BCUT2D eigenvalue weighted by Gasteiger charge is 2.02. The molecule has 0 saturated carbocycles. The highest BCUT2D eigenvalue weighted by Crippen LogP contribution is 2.08. The summed E-state index contributed by atoms with van der Waals surface area (Å²) in [4.78, 5) is 0. The fourth-order valence-electron chi connectivity index (χ4n) is 1.06. The number of ether oxygens (including phenoxy) is 1. The molecule has 72 valence electrons. The Morgan fingerprint density at radius 2 is 2.08 bits per heavy atom. The number of benzene rings is 1. The van der Waals surface area contributed by atoms with E-state index in [2.05, 4.69) is 0 Å². The van der Waals surface area contributed by atoms with Crippen LogP contribution in [0, 0.1) is 5.41 Å². The van der Waals surface area contributed by atoms with Gasteiger partial charge in [0.15, 0.2) is 0 Å². The van der Waals surface area contributed by atoms with Gasteiger partial charge < -0.3 is 10.5 Å².